The minimum absolute atomic E-state index is 0.158. The number of aliphatic hydroxyl groups excluding tert-OH is 1. The lowest BCUT2D eigenvalue weighted by atomic mass is 10.1. The summed E-state index contributed by atoms with van der Waals surface area (Å²) in [4.78, 5) is 11.8. The Bertz CT molecular complexity index is 464. The van der Waals surface area contributed by atoms with Crippen LogP contribution >= 0.6 is 0 Å². The van der Waals surface area contributed by atoms with E-state index in [4.69, 9.17) is 4.74 Å². The van der Waals surface area contributed by atoms with E-state index in [2.05, 4.69) is 0 Å². The lowest BCUT2D eigenvalue weighted by Crippen LogP contribution is -2.48. The Labute approximate surface area is 126 Å². The Hall–Kier alpha value is -0.660. The van der Waals surface area contributed by atoms with Crippen molar-refractivity contribution >= 4 is 16.0 Å². The van der Waals surface area contributed by atoms with E-state index in [0.717, 1.165) is 25.7 Å². The standard InChI is InChI=1S/C14H25NO5S/c1-20-14(17)12-7-5-8-13(12)21(18,19)15-9-4-2-3-6-11(15)10-16/h11-13,16H,2-10H2,1H3. The maximum Gasteiger partial charge on any atom is 0.310 e. The van der Waals surface area contributed by atoms with Crippen LogP contribution in [0, 0.1) is 5.92 Å². The molecule has 1 heterocycles. The fourth-order valence-electron chi connectivity index (χ4n) is 3.55. The lowest BCUT2D eigenvalue weighted by Gasteiger charge is -2.31. The molecule has 0 aromatic heterocycles. The summed E-state index contributed by atoms with van der Waals surface area (Å²) in [7, 11) is -2.28. The number of rotatable bonds is 4. The minimum Gasteiger partial charge on any atom is -0.469 e. The molecule has 3 atom stereocenters. The monoisotopic (exact) mass is 319 g/mol. The van der Waals surface area contributed by atoms with Gasteiger partial charge in [-0.1, -0.05) is 19.3 Å². The predicted octanol–water partition coefficient (Wildman–Crippen LogP) is 0.895. The van der Waals surface area contributed by atoms with Gasteiger partial charge in [0, 0.05) is 12.6 Å². The molecular weight excluding hydrogens is 294 g/mol. The summed E-state index contributed by atoms with van der Waals surface area (Å²) in [6.07, 6.45) is 5.19. The Morgan fingerprint density at radius 2 is 1.95 bits per heavy atom. The van der Waals surface area contributed by atoms with Gasteiger partial charge in [0.25, 0.3) is 0 Å². The molecule has 122 valence electrons. The Kier molecular flexibility index (Phi) is 5.62. The molecular formula is C14H25NO5S. The van der Waals surface area contributed by atoms with Crippen LogP contribution in [0.3, 0.4) is 0 Å². The quantitative estimate of drug-likeness (QED) is 0.778. The third-order valence-corrected chi connectivity index (χ3v) is 7.16. The number of ether oxygens (including phenoxy) is 1. The number of hydrogen-bond acceptors (Lipinski definition) is 5. The highest BCUT2D eigenvalue weighted by molar-refractivity contribution is 7.89. The molecule has 0 radical (unpaired) electrons. The summed E-state index contributed by atoms with van der Waals surface area (Å²) >= 11 is 0. The van der Waals surface area contributed by atoms with E-state index >= 15 is 0 Å². The van der Waals surface area contributed by atoms with Gasteiger partial charge in [-0.25, -0.2) is 8.42 Å². The van der Waals surface area contributed by atoms with Crippen molar-refractivity contribution in [2.45, 2.75) is 56.2 Å². The van der Waals surface area contributed by atoms with Gasteiger partial charge >= 0.3 is 5.97 Å². The molecule has 6 nitrogen and oxygen atoms in total. The molecule has 3 unspecified atom stereocenters. The van der Waals surface area contributed by atoms with Crippen LogP contribution in [0.25, 0.3) is 0 Å². The van der Waals surface area contributed by atoms with Crippen molar-refractivity contribution in [2.24, 2.45) is 5.92 Å². The van der Waals surface area contributed by atoms with Crippen molar-refractivity contribution in [2.75, 3.05) is 20.3 Å². The second-order valence-electron chi connectivity index (χ2n) is 5.94. The van der Waals surface area contributed by atoms with E-state index in [0.29, 0.717) is 25.8 Å². The van der Waals surface area contributed by atoms with Gasteiger partial charge in [-0.3, -0.25) is 4.79 Å². The van der Waals surface area contributed by atoms with Crippen LogP contribution in [0.5, 0.6) is 0 Å². The number of aliphatic hydroxyl groups is 1. The molecule has 2 aliphatic rings. The van der Waals surface area contributed by atoms with Crippen molar-refractivity contribution in [3.8, 4) is 0 Å². The second kappa shape index (κ2) is 7.07. The minimum atomic E-state index is -3.58. The van der Waals surface area contributed by atoms with E-state index in [1.807, 2.05) is 0 Å². The molecule has 1 saturated carbocycles. The second-order valence-corrected chi connectivity index (χ2v) is 8.04. The van der Waals surface area contributed by atoms with Gasteiger partial charge in [0.2, 0.25) is 10.0 Å². The summed E-state index contributed by atoms with van der Waals surface area (Å²) in [5.74, 6) is -1.00. The van der Waals surface area contributed by atoms with E-state index in [9.17, 15) is 18.3 Å². The molecule has 0 aromatic rings. The molecule has 7 heteroatoms. The van der Waals surface area contributed by atoms with Crippen LogP contribution in [0.2, 0.25) is 0 Å². The first-order valence-electron chi connectivity index (χ1n) is 7.71. The summed E-state index contributed by atoms with van der Waals surface area (Å²) < 4.78 is 32.1. The van der Waals surface area contributed by atoms with Gasteiger partial charge in [-0.05, 0) is 25.7 Å². The zero-order valence-corrected chi connectivity index (χ0v) is 13.3. The molecule has 1 saturated heterocycles. The summed E-state index contributed by atoms with van der Waals surface area (Å²) in [6.45, 7) is 0.285. The average molecular weight is 319 g/mol. The zero-order valence-electron chi connectivity index (χ0n) is 12.5. The van der Waals surface area contributed by atoms with Crippen molar-refractivity contribution in [3.05, 3.63) is 0 Å². The molecule has 2 rings (SSSR count). The predicted molar refractivity (Wildman–Crippen MR) is 78.1 cm³/mol. The lowest BCUT2D eigenvalue weighted by molar-refractivity contribution is -0.145. The van der Waals surface area contributed by atoms with Gasteiger partial charge in [0.05, 0.1) is 24.9 Å². The van der Waals surface area contributed by atoms with Gasteiger partial charge in [0.15, 0.2) is 0 Å². The first-order chi connectivity index (χ1) is 10.0. The molecule has 1 aliphatic heterocycles. The molecule has 0 bridgehead atoms. The van der Waals surface area contributed by atoms with Crippen molar-refractivity contribution < 1.29 is 23.1 Å². The molecule has 21 heavy (non-hydrogen) atoms. The Morgan fingerprint density at radius 1 is 1.19 bits per heavy atom. The van der Waals surface area contributed by atoms with Crippen LogP contribution in [0.15, 0.2) is 0 Å². The third kappa shape index (κ3) is 3.40. The summed E-state index contributed by atoms with van der Waals surface area (Å²) in [6, 6.07) is -0.351. The normalized spacial score (nSPS) is 31.8. The summed E-state index contributed by atoms with van der Waals surface area (Å²) in [5, 5.41) is 8.82. The topological polar surface area (TPSA) is 83.9 Å². The Morgan fingerprint density at radius 3 is 2.62 bits per heavy atom. The fourth-order valence-corrected chi connectivity index (χ4v) is 5.99. The molecule has 0 amide bonds. The Balaban J connectivity index is 2.24. The number of hydrogen-bond donors (Lipinski definition) is 1. The number of carbonyl (C=O) groups excluding carboxylic acids is 1. The van der Waals surface area contributed by atoms with Crippen LogP contribution in [0.4, 0.5) is 0 Å². The van der Waals surface area contributed by atoms with Gasteiger partial charge in [-0.2, -0.15) is 4.31 Å². The highest BCUT2D eigenvalue weighted by Gasteiger charge is 2.46. The SMILES string of the molecule is COC(=O)C1CCCC1S(=O)(=O)N1CCCCCC1CO. The van der Waals surface area contributed by atoms with Gasteiger partial charge in [-0.15, -0.1) is 0 Å². The van der Waals surface area contributed by atoms with Crippen LogP contribution in [-0.2, 0) is 19.6 Å². The maximum absolute atomic E-state index is 12.9. The largest absolute Gasteiger partial charge is 0.469 e. The number of carbonyl (C=O) groups is 1. The number of sulfonamides is 1. The van der Waals surface area contributed by atoms with E-state index in [-0.39, 0.29) is 12.6 Å². The van der Waals surface area contributed by atoms with Crippen LogP contribution in [-0.4, -0.2) is 55.4 Å². The highest BCUT2D eigenvalue weighted by Crippen LogP contribution is 2.35. The van der Waals surface area contributed by atoms with E-state index in [1.165, 1.54) is 11.4 Å². The van der Waals surface area contributed by atoms with Crippen molar-refractivity contribution in [1.29, 1.82) is 0 Å². The number of esters is 1. The molecule has 0 spiro atoms. The van der Waals surface area contributed by atoms with Crippen LogP contribution < -0.4 is 0 Å². The van der Waals surface area contributed by atoms with Gasteiger partial charge in [0.1, 0.15) is 0 Å². The van der Waals surface area contributed by atoms with E-state index < -0.39 is 27.2 Å². The third-order valence-electron chi connectivity index (χ3n) is 4.70. The molecule has 1 N–H and O–H groups in total. The van der Waals surface area contributed by atoms with Crippen LogP contribution in [0.1, 0.15) is 44.9 Å². The first-order valence-corrected chi connectivity index (χ1v) is 9.22. The highest BCUT2D eigenvalue weighted by atomic mass is 32.2. The van der Waals surface area contributed by atoms with E-state index in [1.54, 1.807) is 0 Å². The fraction of sp³-hybridized carbons (Fsp3) is 0.929. The smallest absolute Gasteiger partial charge is 0.310 e. The molecule has 0 aromatic carbocycles. The van der Waals surface area contributed by atoms with Crippen molar-refractivity contribution in [3.63, 3.8) is 0 Å². The summed E-state index contributed by atoms with van der Waals surface area (Å²) in [5.41, 5.74) is 0. The maximum atomic E-state index is 12.9. The zero-order chi connectivity index (χ0) is 15.5. The average Bonchev–Trinajstić information content (AvgIpc) is 2.85. The molecule has 1 aliphatic carbocycles. The van der Waals surface area contributed by atoms with Gasteiger partial charge < -0.3 is 9.84 Å². The first kappa shape index (κ1) is 16.7. The number of methoxy groups -OCH3 is 1. The molecule has 2 fully saturated rings. The van der Waals surface area contributed by atoms with Crippen molar-refractivity contribution in [1.82, 2.24) is 4.31 Å². The number of nitrogens with zero attached hydrogens (tertiary/aromatic N) is 1.